The van der Waals surface area contributed by atoms with Crippen LogP contribution < -0.4 is 10.6 Å². The van der Waals surface area contributed by atoms with E-state index in [1.54, 1.807) is 11.3 Å². The van der Waals surface area contributed by atoms with E-state index in [1.165, 1.54) is 10.4 Å². The van der Waals surface area contributed by atoms with Gasteiger partial charge in [0.2, 0.25) is 0 Å². The topological polar surface area (TPSA) is 45.4 Å². The highest BCUT2D eigenvalue weighted by molar-refractivity contribution is 7.15. The first kappa shape index (κ1) is 18.9. The predicted molar refractivity (Wildman–Crippen MR) is 98.2 cm³/mol. The Morgan fingerprint density at radius 3 is 2.45 bits per heavy atom. The van der Waals surface area contributed by atoms with Gasteiger partial charge in [0, 0.05) is 51.3 Å². The van der Waals surface area contributed by atoms with E-state index in [0.29, 0.717) is 6.54 Å². The molecule has 0 unspecified atom stereocenters. The lowest BCUT2D eigenvalue weighted by atomic mass is 10.1. The van der Waals surface area contributed by atoms with E-state index in [4.69, 9.17) is 5.73 Å². The van der Waals surface area contributed by atoms with Gasteiger partial charge in [0.15, 0.2) is 5.13 Å². The van der Waals surface area contributed by atoms with Crippen molar-refractivity contribution in [3.05, 3.63) is 47.0 Å². The number of nitrogens with zero attached hydrogens (tertiary/aromatic N) is 3. The van der Waals surface area contributed by atoms with Gasteiger partial charge in [-0.25, -0.2) is 4.98 Å². The standard InChI is InChI=1S/C16H24N4S.ClH/c1-19(2)16-18-12-15(21-16)13-20(11-9-17)10-8-14-6-4-3-5-7-14;/h3-7,12H,8-11,13,17H2,1-2H3;1H. The molecule has 0 saturated carbocycles. The second-order valence-electron chi connectivity index (χ2n) is 5.30. The van der Waals surface area contributed by atoms with Crippen LogP contribution in [0.15, 0.2) is 36.5 Å². The highest BCUT2D eigenvalue weighted by Crippen LogP contribution is 2.21. The van der Waals surface area contributed by atoms with Crippen LogP contribution in [0.5, 0.6) is 0 Å². The number of hydrogen-bond donors (Lipinski definition) is 1. The fourth-order valence-electron chi connectivity index (χ4n) is 2.18. The average Bonchev–Trinajstić information content (AvgIpc) is 2.95. The summed E-state index contributed by atoms with van der Waals surface area (Å²) in [7, 11) is 4.05. The lowest BCUT2D eigenvalue weighted by Crippen LogP contribution is -2.30. The Kier molecular flexibility index (Phi) is 8.42. The molecule has 0 bridgehead atoms. The van der Waals surface area contributed by atoms with E-state index < -0.39 is 0 Å². The average molecular weight is 341 g/mol. The number of anilines is 1. The van der Waals surface area contributed by atoms with E-state index in [1.807, 2.05) is 25.2 Å². The second-order valence-corrected chi connectivity index (χ2v) is 6.40. The smallest absolute Gasteiger partial charge is 0.185 e. The molecule has 0 aliphatic carbocycles. The normalized spacial score (nSPS) is 10.5. The van der Waals surface area contributed by atoms with Crippen molar-refractivity contribution in [3.8, 4) is 0 Å². The Balaban J connectivity index is 0.00000242. The summed E-state index contributed by atoms with van der Waals surface area (Å²) >= 11 is 1.75. The van der Waals surface area contributed by atoms with Gasteiger partial charge in [-0.05, 0) is 12.0 Å². The third kappa shape index (κ3) is 5.93. The number of nitrogens with two attached hydrogens (primary N) is 1. The van der Waals surface area contributed by atoms with E-state index in [-0.39, 0.29) is 12.4 Å². The van der Waals surface area contributed by atoms with Crippen molar-refractivity contribution in [3.63, 3.8) is 0 Å². The minimum Gasteiger partial charge on any atom is -0.354 e. The molecule has 0 atom stereocenters. The predicted octanol–water partition coefficient (Wildman–Crippen LogP) is 2.63. The third-order valence-electron chi connectivity index (χ3n) is 3.31. The zero-order valence-corrected chi connectivity index (χ0v) is 14.9. The number of benzene rings is 1. The first-order chi connectivity index (χ1) is 10.2. The molecule has 122 valence electrons. The van der Waals surface area contributed by atoms with Crippen molar-refractivity contribution >= 4 is 28.9 Å². The molecule has 0 spiro atoms. The summed E-state index contributed by atoms with van der Waals surface area (Å²) in [5, 5.41) is 1.06. The van der Waals surface area contributed by atoms with Gasteiger partial charge in [0.25, 0.3) is 0 Å². The molecule has 22 heavy (non-hydrogen) atoms. The Labute approximate surface area is 143 Å². The number of hydrogen-bond acceptors (Lipinski definition) is 5. The van der Waals surface area contributed by atoms with Gasteiger partial charge in [0.1, 0.15) is 0 Å². The molecular weight excluding hydrogens is 316 g/mol. The summed E-state index contributed by atoms with van der Waals surface area (Å²) in [4.78, 5) is 10.2. The number of rotatable bonds is 8. The van der Waals surface area contributed by atoms with Gasteiger partial charge in [0.05, 0.1) is 0 Å². The number of thiazole rings is 1. The molecule has 0 saturated heterocycles. The van der Waals surface area contributed by atoms with Crippen molar-refractivity contribution in [2.45, 2.75) is 13.0 Å². The number of halogens is 1. The summed E-state index contributed by atoms with van der Waals surface area (Å²) in [5.41, 5.74) is 7.12. The second kappa shape index (κ2) is 9.79. The highest BCUT2D eigenvalue weighted by Gasteiger charge is 2.09. The summed E-state index contributed by atoms with van der Waals surface area (Å²) < 4.78 is 0. The highest BCUT2D eigenvalue weighted by atomic mass is 35.5. The molecule has 0 fully saturated rings. The Hall–Kier alpha value is -1.14. The minimum absolute atomic E-state index is 0. The van der Waals surface area contributed by atoms with Crippen LogP contribution in [0.3, 0.4) is 0 Å². The van der Waals surface area contributed by atoms with Crippen LogP contribution in [0.2, 0.25) is 0 Å². The SMILES string of the molecule is CN(C)c1ncc(CN(CCN)CCc2ccccc2)s1.Cl. The Bertz CT molecular complexity index is 530. The van der Waals surface area contributed by atoms with Crippen LogP contribution in [0, 0.1) is 0 Å². The van der Waals surface area contributed by atoms with Gasteiger partial charge in [-0.15, -0.1) is 23.7 Å². The molecule has 0 aliphatic rings. The maximum Gasteiger partial charge on any atom is 0.185 e. The van der Waals surface area contributed by atoms with Gasteiger partial charge < -0.3 is 10.6 Å². The van der Waals surface area contributed by atoms with Crippen molar-refractivity contribution in [1.82, 2.24) is 9.88 Å². The molecular formula is C16H25ClN4S. The third-order valence-corrected chi connectivity index (χ3v) is 4.46. The van der Waals surface area contributed by atoms with Crippen molar-refractivity contribution < 1.29 is 0 Å². The zero-order chi connectivity index (χ0) is 15.1. The lowest BCUT2D eigenvalue weighted by molar-refractivity contribution is 0.278. The molecule has 1 heterocycles. The monoisotopic (exact) mass is 340 g/mol. The molecule has 0 radical (unpaired) electrons. The summed E-state index contributed by atoms with van der Waals surface area (Å²) in [6.45, 7) is 3.56. The molecule has 4 nitrogen and oxygen atoms in total. The molecule has 6 heteroatoms. The molecule has 1 aromatic carbocycles. The molecule has 2 aromatic rings. The maximum absolute atomic E-state index is 5.74. The summed E-state index contributed by atoms with van der Waals surface area (Å²) in [6.07, 6.45) is 3.03. The molecule has 0 amide bonds. The molecule has 0 aliphatic heterocycles. The van der Waals surface area contributed by atoms with Crippen LogP contribution in [-0.2, 0) is 13.0 Å². The first-order valence-corrected chi connectivity index (χ1v) is 8.09. The summed E-state index contributed by atoms with van der Waals surface area (Å²) in [6, 6.07) is 10.6. The van der Waals surface area contributed by atoms with Crippen LogP contribution in [0.4, 0.5) is 5.13 Å². The van der Waals surface area contributed by atoms with Crippen LogP contribution in [0.1, 0.15) is 10.4 Å². The fourth-order valence-corrected chi connectivity index (χ4v) is 3.06. The van der Waals surface area contributed by atoms with Crippen LogP contribution >= 0.6 is 23.7 Å². The van der Waals surface area contributed by atoms with Gasteiger partial charge >= 0.3 is 0 Å². The van der Waals surface area contributed by atoms with E-state index in [9.17, 15) is 0 Å². The van der Waals surface area contributed by atoms with Crippen molar-refractivity contribution in [2.24, 2.45) is 5.73 Å². The van der Waals surface area contributed by atoms with E-state index >= 15 is 0 Å². The molecule has 1 aromatic heterocycles. The largest absolute Gasteiger partial charge is 0.354 e. The maximum atomic E-state index is 5.74. The van der Waals surface area contributed by atoms with Crippen molar-refractivity contribution in [1.29, 1.82) is 0 Å². The molecule has 2 N–H and O–H groups in total. The van der Waals surface area contributed by atoms with Crippen LogP contribution in [0.25, 0.3) is 0 Å². The first-order valence-electron chi connectivity index (χ1n) is 7.27. The van der Waals surface area contributed by atoms with E-state index in [2.05, 4.69) is 40.2 Å². The van der Waals surface area contributed by atoms with Gasteiger partial charge in [-0.2, -0.15) is 0 Å². The van der Waals surface area contributed by atoms with Gasteiger partial charge in [-0.1, -0.05) is 30.3 Å². The number of aromatic nitrogens is 1. The van der Waals surface area contributed by atoms with E-state index in [0.717, 1.165) is 31.2 Å². The van der Waals surface area contributed by atoms with Crippen molar-refractivity contribution in [2.75, 3.05) is 38.6 Å². The fraction of sp³-hybridized carbons (Fsp3) is 0.438. The lowest BCUT2D eigenvalue weighted by Gasteiger charge is -2.20. The quantitative estimate of drug-likeness (QED) is 0.802. The van der Waals surface area contributed by atoms with Gasteiger partial charge in [-0.3, -0.25) is 4.90 Å². The Morgan fingerprint density at radius 1 is 1.14 bits per heavy atom. The zero-order valence-electron chi connectivity index (χ0n) is 13.2. The minimum atomic E-state index is 0. The molecule has 2 rings (SSSR count). The Morgan fingerprint density at radius 2 is 1.86 bits per heavy atom. The summed E-state index contributed by atoms with van der Waals surface area (Å²) in [5.74, 6) is 0. The van der Waals surface area contributed by atoms with Crippen LogP contribution in [-0.4, -0.2) is 43.6 Å².